The van der Waals surface area contributed by atoms with Crippen molar-refractivity contribution in [3.8, 4) is 0 Å². The molecule has 3 amide bonds. The van der Waals surface area contributed by atoms with E-state index < -0.39 is 67.2 Å². The summed E-state index contributed by atoms with van der Waals surface area (Å²) < 4.78 is 0. The van der Waals surface area contributed by atoms with Crippen molar-refractivity contribution in [2.24, 2.45) is 5.73 Å². The van der Waals surface area contributed by atoms with Crippen LogP contribution < -0.4 is 21.7 Å². The number of hydrogen-bond donors (Lipinski definition) is 8. The number of nitrogens with one attached hydrogen (secondary N) is 3. The van der Waals surface area contributed by atoms with Gasteiger partial charge in [0, 0.05) is 0 Å². The second kappa shape index (κ2) is 12.6. The molecule has 0 bridgehead atoms. The summed E-state index contributed by atoms with van der Waals surface area (Å²) in [7, 11) is 0. The molecule has 5 unspecified atom stereocenters. The van der Waals surface area contributed by atoms with Crippen molar-refractivity contribution in [3.63, 3.8) is 0 Å². The lowest BCUT2D eigenvalue weighted by molar-refractivity contribution is -0.144. The van der Waals surface area contributed by atoms with Crippen LogP contribution in [-0.4, -0.2) is 87.6 Å². The van der Waals surface area contributed by atoms with Crippen molar-refractivity contribution < 1.29 is 39.6 Å². The number of rotatable bonds is 12. The first-order chi connectivity index (χ1) is 14.6. The van der Waals surface area contributed by atoms with Crippen LogP contribution >= 0.6 is 0 Å². The highest BCUT2D eigenvalue weighted by Crippen LogP contribution is 2.03. The average Bonchev–Trinajstić information content (AvgIpc) is 2.73. The fourth-order valence-corrected chi connectivity index (χ4v) is 2.54. The Balaban J connectivity index is 2.76. The number of aliphatic hydroxyl groups is 3. The van der Waals surface area contributed by atoms with Crippen molar-refractivity contribution in [1.82, 2.24) is 16.0 Å². The number of nitrogens with two attached hydrogens (primary N) is 1. The van der Waals surface area contributed by atoms with Crippen LogP contribution in [0.5, 0.6) is 0 Å². The molecule has 1 aromatic rings. The molecule has 12 nitrogen and oxygen atoms in total. The first-order valence-electron chi connectivity index (χ1n) is 9.43. The maximum absolute atomic E-state index is 12.4. The minimum absolute atomic E-state index is 0.183. The molecule has 1 aromatic carbocycles. The fourth-order valence-electron chi connectivity index (χ4n) is 2.54. The Hall–Kier alpha value is -3.06. The summed E-state index contributed by atoms with van der Waals surface area (Å²) in [6.45, 7) is -0.560. The molecule has 31 heavy (non-hydrogen) atoms. The summed E-state index contributed by atoms with van der Waals surface area (Å²) in [5.41, 5.74) is 6.63. The molecule has 0 fully saturated rings. The fraction of sp³-hybridized carbons (Fsp3) is 0.474. The van der Waals surface area contributed by atoms with Crippen LogP contribution in [0.15, 0.2) is 30.3 Å². The SMILES string of the molecule is CC(O)C(NC(=O)C(CO)NC(=O)C(N)Cc1ccccc1)C(=O)NC(CO)C(=O)O. The van der Waals surface area contributed by atoms with Crippen LogP contribution in [0.3, 0.4) is 0 Å². The van der Waals surface area contributed by atoms with Crippen LogP contribution in [0.25, 0.3) is 0 Å². The quantitative estimate of drug-likeness (QED) is 0.161. The predicted molar refractivity (Wildman–Crippen MR) is 107 cm³/mol. The van der Waals surface area contributed by atoms with Crippen LogP contribution in [-0.2, 0) is 25.6 Å². The van der Waals surface area contributed by atoms with Crippen molar-refractivity contribution in [3.05, 3.63) is 35.9 Å². The van der Waals surface area contributed by atoms with E-state index in [2.05, 4.69) is 10.6 Å². The summed E-state index contributed by atoms with van der Waals surface area (Å²) in [5.74, 6) is -4.31. The van der Waals surface area contributed by atoms with Gasteiger partial charge < -0.3 is 42.1 Å². The van der Waals surface area contributed by atoms with E-state index in [-0.39, 0.29) is 6.42 Å². The topological polar surface area (TPSA) is 211 Å². The summed E-state index contributed by atoms with van der Waals surface area (Å²) >= 11 is 0. The van der Waals surface area contributed by atoms with Gasteiger partial charge in [-0.2, -0.15) is 0 Å². The maximum atomic E-state index is 12.4. The van der Waals surface area contributed by atoms with E-state index in [0.717, 1.165) is 5.56 Å². The van der Waals surface area contributed by atoms with Gasteiger partial charge in [0.1, 0.15) is 18.1 Å². The van der Waals surface area contributed by atoms with Crippen molar-refractivity contribution in [2.45, 2.75) is 43.6 Å². The van der Waals surface area contributed by atoms with Gasteiger partial charge in [0.2, 0.25) is 17.7 Å². The van der Waals surface area contributed by atoms with Gasteiger partial charge in [-0.05, 0) is 18.9 Å². The second-order valence-electron chi connectivity index (χ2n) is 6.85. The lowest BCUT2D eigenvalue weighted by Gasteiger charge is -2.25. The zero-order valence-corrected chi connectivity index (χ0v) is 16.9. The standard InChI is InChI=1S/C19H28N4O8/c1-10(26)15(18(29)22-14(9-25)19(30)31)23-17(28)13(8-24)21-16(27)12(20)7-11-5-3-2-4-6-11/h2-6,10,12-15,24-26H,7-9,20H2,1H3,(H,21,27)(H,22,29)(H,23,28)(H,30,31). The first kappa shape index (κ1) is 26.0. The average molecular weight is 440 g/mol. The molecule has 12 heteroatoms. The minimum Gasteiger partial charge on any atom is -0.480 e. The van der Waals surface area contributed by atoms with Crippen LogP contribution in [0.2, 0.25) is 0 Å². The number of amides is 3. The third kappa shape index (κ3) is 8.30. The summed E-state index contributed by atoms with van der Waals surface area (Å²) in [6, 6.07) is 3.15. The second-order valence-corrected chi connectivity index (χ2v) is 6.85. The Labute approximate surface area is 178 Å². The molecular weight excluding hydrogens is 412 g/mol. The molecule has 0 saturated carbocycles. The molecule has 0 aliphatic carbocycles. The molecule has 0 heterocycles. The Morgan fingerprint density at radius 3 is 1.94 bits per heavy atom. The number of aliphatic hydroxyl groups excluding tert-OH is 3. The lowest BCUT2D eigenvalue weighted by atomic mass is 10.1. The Morgan fingerprint density at radius 1 is 0.903 bits per heavy atom. The van der Waals surface area contributed by atoms with Gasteiger partial charge in [-0.1, -0.05) is 30.3 Å². The first-order valence-corrected chi connectivity index (χ1v) is 9.43. The molecule has 0 spiro atoms. The Bertz CT molecular complexity index is 759. The van der Waals surface area contributed by atoms with E-state index >= 15 is 0 Å². The van der Waals surface area contributed by atoms with Gasteiger partial charge in [0.15, 0.2) is 0 Å². The third-order valence-electron chi connectivity index (χ3n) is 4.31. The molecule has 5 atom stereocenters. The largest absolute Gasteiger partial charge is 0.480 e. The number of carboxylic acids is 1. The zero-order valence-electron chi connectivity index (χ0n) is 16.9. The van der Waals surface area contributed by atoms with E-state index in [1.165, 1.54) is 6.92 Å². The Kier molecular flexibility index (Phi) is 10.6. The molecule has 0 aromatic heterocycles. The summed E-state index contributed by atoms with van der Waals surface area (Å²) in [5, 5.41) is 43.5. The smallest absolute Gasteiger partial charge is 0.328 e. The molecule has 0 saturated heterocycles. The van der Waals surface area contributed by atoms with E-state index in [1.807, 2.05) is 5.32 Å². The van der Waals surface area contributed by atoms with Gasteiger partial charge in [-0.3, -0.25) is 14.4 Å². The molecule has 1 rings (SSSR count). The molecule has 0 aliphatic heterocycles. The number of hydrogen-bond acceptors (Lipinski definition) is 8. The molecule has 0 radical (unpaired) electrons. The lowest BCUT2D eigenvalue weighted by Crippen LogP contribution is -2.61. The predicted octanol–water partition coefficient (Wildman–Crippen LogP) is -3.54. The van der Waals surface area contributed by atoms with Crippen molar-refractivity contribution >= 4 is 23.7 Å². The number of carbonyl (C=O) groups is 4. The van der Waals surface area contributed by atoms with Crippen molar-refractivity contribution in [1.29, 1.82) is 0 Å². The highest BCUT2D eigenvalue weighted by atomic mass is 16.4. The maximum Gasteiger partial charge on any atom is 0.328 e. The molecule has 9 N–H and O–H groups in total. The van der Waals surface area contributed by atoms with Crippen LogP contribution in [0, 0.1) is 0 Å². The van der Waals surface area contributed by atoms with E-state index in [0.29, 0.717) is 0 Å². The highest BCUT2D eigenvalue weighted by molar-refractivity contribution is 5.94. The molecule has 0 aliphatic rings. The van der Waals surface area contributed by atoms with E-state index in [9.17, 15) is 29.4 Å². The molecule has 172 valence electrons. The highest BCUT2D eigenvalue weighted by Gasteiger charge is 2.32. The van der Waals surface area contributed by atoms with Crippen LogP contribution in [0.1, 0.15) is 12.5 Å². The van der Waals surface area contributed by atoms with E-state index in [4.69, 9.17) is 15.9 Å². The summed E-state index contributed by atoms with van der Waals surface area (Å²) in [4.78, 5) is 47.8. The minimum atomic E-state index is -1.64. The Morgan fingerprint density at radius 2 is 1.45 bits per heavy atom. The van der Waals surface area contributed by atoms with Crippen LogP contribution in [0.4, 0.5) is 0 Å². The van der Waals surface area contributed by atoms with Gasteiger partial charge in [-0.25, -0.2) is 4.79 Å². The van der Waals surface area contributed by atoms with Gasteiger partial charge in [0.25, 0.3) is 0 Å². The van der Waals surface area contributed by atoms with E-state index in [1.54, 1.807) is 30.3 Å². The van der Waals surface area contributed by atoms with Gasteiger partial charge >= 0.3 is 5.97 Å². The van der Waals surface area contributed by atoms with Gasteiger partial charge in [-0.15, -0.1) is 0 Å². The zero-order chi connectivity index (χ0) is 23.6. The monoisotopic (exact) mass is 440 g/mol. The third-order valence-corrected chi connectivity index (χ3v) is 4.31. The number of carbonyl (C=O) groups excluding carboxylic acids is 3. The molecular formula is C19H28N4O8. The number of carboxylic acid groups (broad SMARTS) is 1. The normalized spacial score (nSPS) is 15.6. The summed E-state index contributed by atoms with van der Waals surface area (Å²) in [6.07, 6.45) is -1.27. The number of benzene rings is 1. The number of aliphatic carboxylic acids is 1. The van der Waals surface area contributed by atoms with Gasteiger partial charge in [0.05, 0.1) is 25.4 Å². The van der Waals surface area contributed by atoms with Crippen molar-refractivity contribution in [2.75, 3.05) is 13.2 Å².